The quantitative estimate of drug-likeness (QED) is 0.607. The van der Waals surface area contributed by atoms with Gasteiger partial charge in [-0.2, -0.15) is 0 Å². The Bertz CT molecular complexity index is 1250. The summed E-state index contributed by atoms with van der Waals surface area (Å²) in [6.45, 7) is 0. The van der Waals surface area contributed by atoms with Crippen LogP contribution in [0, 0.1) is 0 Å². The van der Waals surface area contributed by atoms with E-state index in [2.05, 4.69) is 9.97 Å². The van der Waals surface area contributed by atoms with E-state index in [-0.39, 0.29) is 11.1 Å². The summed E-state index contributed by atoms with van der Waals surface area (Å²) in [6, 6.07) is 12.0. The van der Waals surface area contributed by atoms with E-state index < -0.39 is 5.97 Å². The van der Waals surface area contributed by atoms with E-state index in [1.807, 2.05) is 18.2 Å². The number of hydrogen-bond donors (Lipinski definition) is 1. The number of carboxylic acid groups (broad SMARTS) is 1. The third-order valence-electron chi connectivity index (χ3n) is 4.66. The largest absolute Gasteiger partial charge is 0.478 e. The molecule has 0 fully saturated rings. The van der Waals surface area contributed by atoms with Gasteiger partial charge in [0.15, 0.2) is 0 Å². The van der Waals surface area contributed by atoms with E-state index in [1.165, 1.54) is 16.8 Å². The van der Waals surface area contributed by atoms with Gasteiger partial charge in [-0.1, -0.05) is 18.2 Å². The molecule has 2 aromatic heterocycles. The van der Waals surface area contributed by atoms with Gasteiger partial charge >= 0.3 is 5.97 Å². The summed E-state index contributed by atoms with van der Waals surface area (Å²) in [5.41, 5.74) is 3.92. The number of aromatic nitrogens is 4. The zero-order chi connectivity index (χ0) is 19.1. The van der Waals surface area contributed by atoms with Gasteiger partial charge in [-0.15, -0.1) is 0 Å². The second-order valence-electron chi connectivity index (χ2n) is 6.22. The lowest BCUT2D eigenvalue weighted by Crippen LogP contribution is -2.17. The van der Waals surface area contributed by atoms with Crippen LogP contribution >= 0.6 is 0 Å². The molecule has 2 heterocycles. The predicted molar refractivity (Wildman–Crippen MR) is 102 cm³/mol. The Morgan fingerprint density at radius 1 is 0.926 bits per heavy atom. The molecule has 0 radical (unpaired) electrons. The summed E-state index contributed by atoms with van der Waals surface area (Å²) < 4.78 is 3.25. The average molecular weight is 360 g/mol. The molecule has 7 nitrogen and oxygen atoms in total. The van der Waals surface area contributed by atoms with Crippen molar-refractivity contribution in [2.75, 3.05) is 0 Å². The van der Waals surface area contributed by atoms with Crippen molar-refractivity contribution in [3.63, 3.8) is 0 Å². The molecule has 27 heavy (non-hydrogen) atoms. The predicted octanol–water partition coefficient (Wildman–Crippen LogP) is 2.70. The van der Waals surface area contributed by atoms with Gasteiger partial charge in [-0.05, 0) is 29.8 Å². The number of fused-ring (bicyclic) bond motifs is 1. The van der Waals surface area contributed by atoms with E-state index in [9.17, 15) is 14.7 Å². The molecule has 4 aromatic rings. The van der Waals surface area contributed by atoms with Gasteiger partial charge in [0.05, 0.1) is 27.9 Å². The van der Waals surface area contributed by atoms with Crippen molar-refractivity contribution >= 4 is 17.0 Å². The average Bonchev–Trinajstić information content (AvgIpc) is 2.91. The lowest BCUT2D eigenvalue weighted by Gasteiger charge is -2.09. The summed E-state index contributed by atoms with van der Waals surface area (Å²) >= 11 is 0. The first-order valence-electron chi connectivity index (χ1n) is 8.28. The zero-order valence-corrected chi connectivity index (χ0v) is 14.7. The monoisotopic (exact) mass is 360 g/mol. The van der Waals surface area contributed by atoms with Gasteiger partial charge in [-0.3, -0.25) is 24.1 Å². The molecule has 0 saturated heterocycles. The van der Waals surface area contributed by atoms with Crippen LogP contribution in [0.5, 0.6) is 0 Å². The number of nitrogens with zero attached hydrogens (tertiary/aromatic N) is 4. The Morgan fingerprint density at radius 3 is 2.41 bits per heavy atom. The van der Waals surface area contributed by atoms with Gasteiger partial charge in [-0.25, -0.2) is 4.79 Å². The zero-order valence-electron chi connectivity index (χ0n) is 14.7. The van der Waals surface area contributed by atoms with Gasteiger partial charge in [0.2, 0.25) is 0 Å². The highest BCUT2D eigenvalue weighted by Gasteiger charge is 2.20. The molecule has 134 valence electrons. The van der Waals surface area contributed by atoms with Crippen LogP contribution in [-0.4, -0.2) is 30.4 Å². The topological polar surface area (TPSA) is 90.0 Å². The van der Waals surface area contributed by atoms with Crippen LogP contribution in [0.4, 0.5) is 0 Å². The first kappa shape index (κ1) is 16.7. The summed E-state index contributed by atoms with van der Waals surface area (Å²) in [7, 11) is 3.47. The lowest BCUT2D eigenvalue weighted by molar-refractivity contribution is 0.0697. The number of carbonyl (C=O) groups is 1. The van der Waals surface area contributed by atoms with Gasteiger partial charge in [0, 0.05) is 32.1 Å². The van der Waals surface area contributed by atoms with Gasteiger partial charge in [0.1, 0.15) is 0 Å². The fraction of sp³-hybridized carbons (Fsp3) is 0.100. The van der Waals surface area contributed by atoms with Crippen LogP contribution in [-0.2, 0) is 14.1 Å². The van der Waals surface area contributed by atoms with Crippen molar-refractivity contribution in [2.24, 2.45) is 14.1 Å². The molecule has 0 bridgehead atoms. The molecule has 0 unspecified atom stereocenters. The van der Waals surface area contributed by atoms with Crippen molar-refractivity contribution < 1.29 is 9.90 Å². The highest BCUT2D eigenvalue weighted by molar-refractivity contribution is 5.91. The Balaban J connectivity index is 2.01. The molecule has 0 amide bonds. The molecule has 1 N–H and O–H groups in total. The van der Waals surface area contributed by atoms with E-state index in [0.29, 0.717) is 16.8 Å². The first-order valence-corrected chi connectivity index (χ1v) is 8.28. The molecule has 7 heteroatoms. The molecule has 0 aliphatic heterocycles. The molecule has 0 aliphatic carbocycles. The Morgan fingerprint density at radius 2 is 1.67 bits per heavy atom. The van der Waals surface area contributed by atoms with Crippen molar-refractivity contribution in [1.82, 2.24) is 19.3 Å². The maximum absolute atomic E-state index is 12.9. The number of aromatic carboxylic acids is 1. The molecule has 4 rings (SSSR count). The summed E-state index contributed by atoms with van der Waals surface area (Å²) in [5, 5.41) is 9.29. The number of hydrogen-bond acceptors (Lipinski definition) is 4. The fourth-order valence-corrected chi connectivity index (χ4v) is 3.22. The van der Waals surface area contributed by atoms with E-state index in [0.717, 1.165) is 16.6 Å². The lowest BCUT2D eigenvalue weighted by atomic mass is 9.99. The second-order valence-corrected chi connectivity index (χ2v) is 6.22. The van der Waals surface area contributed by atoms with Crippen LogP contribution in [0.25, 0.3) is 33.4 Å². The molecular weight excluding hydrogens is 344 g/mol. The van der Waals surface area contributed by atoms with Crippen LogP contribution in [0.15, 0.2) is 59.7 Å². The van der Waals surface area contributed by atoms with Crippen LogP contribution in [0.2, 0.25) is 0 Å². The molecular formula is C20H16N4O3. The van der Waals surface area contributed by atoms with Gasteiger partial charge < -0.3 is 5.11 Å². The minimum Gasteiger partial charge on any atom is -0.478 e. The number of carboxylic acids is 1. The van der Waals surface area contributed by atoms with E-state index in [4.69, 9.17) is 0 Å². The van der Waals surface area contributed by atoms with E-state index in [1.54, 1.807) is 43.3 Å². The van der Waals surface area contributed by atoms with Crippen LogP contribution < -0.4 is 5.56 Å². The van der Waals surface area contributed by atoms with Crippen molar-refractivity contribution in [1.29, 1.82) is 0 Å². The molecule has 0 atom stereocenters. The maximum Gasteiger partial charge on any atom is 0.335 e. The molecule has 0 spiro atoms. The molecule has 0 saturated carbocycles. The Labute approximate surface area is 154 Å². The van der Waals surface area contributed by atoms with E-state index >= 15 is 0 Å². The minimum atomic E-state index is -1.04. The fourth-order valence-electron chi connectivity index (χ4n) is 3.22. The normalized spacial score (nSPS) is 11.0. The second kappa shape index (κ2) is 6.21. The summed E-state index contributed by atoms with van der Waals surface area (Å²) in [4.78, 5) is 32.8. The highest BCUT2D eigenvalue weighted by atomic mass is 16.4. The highest BCUT2D eigenvalue weighted by Crippen LogP contribution is 2.31. The van der Waals surface area contributed by atoms with Crippen molar-refractivity contribution in [3.8, 4) is 22.4 Å². The number of benzene rings is 2. The third kappa shape index (κ3) is 2.69. The van der Waals surface area contributed by atoms with Gasteiger partial charge in [0.25, 0.3) is 5.56 Å². The van der Waals surface area contributed by atoms with Crippen LogP contribution in [0.3, 0.4) is 0 Å². The smallest absolute Gasteiger partial charge is 0.335 e. The molecule has 2 aromatic carbocycles. The number of rotatable bonds is 3. The minimum absolute atomic E-state index is 0.133. The summed E-state index contributed by atoms with van der Waals surface area (Å²) in [6.07, 6.45) is 3.25. The third-order valence-corrected chi connectivity index (χ3v) is 4.66. The van der Waals surface area contributed by atoms with Crippen LogP contribution in [0.1, 0.15) is 10.4 Å². The molecule has 0 aliphatic rings. The summed E-state index contributed by atoms with van der Waals surface area (Å²) in [5.74, 6) is -1.04. The first-order chi connectivity index (χ1) is 13.0. The Kier molecular flexibility index (Phi) is 3.84. The van der Waals surface area contributed by atoms with Crippen molar-refractivity contribution in [2.45, 2.75) is 0 Å². The SMILES string of the molecule is Cn1c(-c2ccc3nccnc3c2)c(-c2cccc(C(=O)O)c2)c(=O)n1C. The van der Waals surface area contributed by atoms with Crippen molar-refractivity contribution in [3.05, 3.63) is 70.8 Å². The maximum atomic E-state index is 12.9. The standard InChI is InChI=1S/C20H16N4O3/c1-23-18(13-6-7-15-16(11-13)22-9-8-21-15)17(19(25)24(23)2)12-4-3-5-14(10-12)20(26)27/h3-11H,1-2H3,(H,26,27). The Hall–Kier alpha value is -3.74.